The van der Waals surface area contributed by atoms with Crippen molar-refractivity contribution >= 4 is 11.6 Å². The summed E-state index contributed by atoms with van der Waals surface area (Å²) in [6.07, 6.45) is 0.620. The van der Waals surface area contributed by atoms with Gasteiger partial charge in [-0.05, 0) is 11.8 Å². The minimum atomic E-state index is -0.197. The second kappa shape index (κ2) is 2.38. The molecule has 1 N–H and O–H groups in total. The maximum Gasteiger partial charge on any atom is 0.0585 e. The third-order valence-electron chi connectivity index (χ3n) is 2.61. The highest BCUT2D eigenvalue weighted by atomic mass is 35.5. The van der Waals surface area contributed by atoms with Gasteiger partial charge in [0.15, 0.2) is 0 Å². The van der Waals surface area contributed by atoms with Crippen LogP contribution in [0, 0.1) is 11.3 Å². The number of rotatable bonds is 2. The summed E-state index contributed by atoms with van der Waals surface area (Å²) in [7, 11) is 0. The number of aliphatic hydroxyl groups is 1. The molecule has 1 aliphatic carbocycles. The molecule has 1 nitrogen and oxygen atoms in total. The zero-order valence-electron chi connectivity index (χ0n) is 6.76. The molecule has 0 amide bonds. The Morgan fingerprint density at radius 2 is 2.00 bits per heavy atom. The SMILES string of the molecule is CCC(O)C1C(Cl)C1(C)C. The maximum absolute atomic E-state index is 9.42. The first-order chi connectivity index (χ1) is 4.51. The Morgan fingerprint density at radius 1 is 1.60 bits per heavy atom. The van der Waals surface area contributed by atoms with Crippen molar-refractivity contribution < 1.29 is 5.11 Å². The maximum atomic E-state index is 9.42. The van der Waals surface area contributed by atoms with Crippen LogP contribution in [0.1, 0.15) is 27.2 Å². The van der Waals surface area contributed by atoms with E-state index in [0.717, 1.165) is 6.42 Å². The molecule has 0 heterocycles. The predicted molar refractivity (Wildman–Crippen MR) is 43.2 cm³/mol. The average Bonchev–Trinajstić information content (AvgIpc) is 2.33. The van der Waals surface area contributed by atoms with Crippen molar-refractivity contribution in [1.82, 2.24) is 0 Å². The lowest BCUT2D eigenvalue weighted by molar-refractivity contribution is 0.133. The van der Waals surface area contributed by atoms with E-state index < -0.39 is 0 Å². The van der Waals surface area contributed by atoms with Gasteiger partial charge in [-0.2, -0.15) is 0 Å². The molecule has 1 aliphatic rings. The molecule has 3 unspecified atom stereocenters. The van der Waals surface area contributed by atoms with E-state index in [1.807, 2.05) is 6.92 Å². The molecule has 0 bridgehead atoms. The van der Waals surface area contributed by atoms with Gasteiger partial charge in [-0.15, -0.1) is 11.6 Å². The van der Waals surface area contributed by atoms with Gasteiger partial charge >= 0.3 is 0 Å². The number of alkyl halides is 1. The number of hydrogen-bond donors (Lipinski definition) is 1. The summed E-state index contributed by atoms with van der Waals surface area (Å²) in [5.41, 5.74) is 0.164. The summed E-state index contributed by atoms with van der Waals surface area (Å²) in [6, 6.07) is 0. The molecule has 10 heavy (non-hydrogen) atoms. The third-order valence-corrected chi connectivity index (χ3v) is 3.44. The number of hydrogen-bond acceptors (Lipinski definition) is 1. The Kier molecular flexibility index (Phi) is 1.99. The molecule has 2 heteroatoms. The van der Waals surface area contributed by atoms with Gasteiger partial charge < -0.3 is 5.11 Å². The van der Waals surface area contributed by atoms with Crippen LogP contribution in [0.3, 0.4) is 0 Å². The molecular formula is C8H15ClO. The van der Waals surface area contributed by atoms with Crippen molar-refractivity contribution in [3.8, 4) is 0 Å². The first-order valence-electron chi connectivity index (χ1n) is 3.84. The monoisotopic (exact) mass is 162 g/mol. The van der Waals surface area contributed by atoms with E-state index in [1.54, 1.807) is 0 Å². The van der Waals surface area contributed by atoms with Gasteiger partial charge in [0.05, 0.1) is 6.10 Å². The van der Waals surface area contributed by atoms with Crippen molar-refractivity contribution in [3.63, 3.8) is 0 Å². The van der Waals surface area contributed by atoms with Crippen LogP contribution in [-0.2, 0) is 0 Å². The Balaban J connectivity index is 2.48. The van der Waals surface area contributed by atoms with Gasteiger partial charge in [0.25, 0.3) is 0 Å². The highest BCUT2D eigenvalue weighted by Gasteiger charge is 2.59. The molecule has 0 aromatic heterocycles. The first-order valence-corrected chi connectivity index (χ1v) is 4.27. The Labute approximate surface area is 67.4 Å². The van der Waals surface area contributed by atoms with Crippen LogP contribution < -0.4 is 0 Å². The minimum Gasteiger partial charge on any atom is -0.393 e. The average molecular weight is 163 g/mol. The normalized spacial score (nSPS) is 39.3. The quantitative estimate of drug-likeness (QED) is 0.616. The lowest BCUT2D eigenvalue weighted by atomic mass is 10.0. The molecule has 1 fully saturated rings. The van der Waals surface area contributed by atoms with E-state index >= 15 is 0 Å². The van der Waals surface area contributed by atoms with E-state index in [4.69, 9.17) is 11.6 Å². The standard InChI is InChI=1S/C8H15ClO/c1-4-5(10)6-7(9)8(6,2)3/h5-7,10H,4H2,1-3H3. The van der Waals surface area contributed by atoms with Crippen molar-refractivity contribution in [2.75, 3.05) is 0 Å². The van der Waals surface area contributed by atoms with Crippen LogP contribution in [0.15, 0.2) is 0 Å². The van der Waals surface area contributed by atoms with Gasteiger partial charge in [-0.3, -0.25) is 0 Å². The molecule has 0 radical (unpaired) electrons. The molecule has 60 valence electrons. The largest absolute Gasteiger partial charge is 0.393 e. The van der Waals surface area contributed by atoms with Gasteiger partial charge in [-0.1, -0.05) is 20.8 Å². The summed E-state index contributed by atoms with van der Waals surface area (Å²) in [6.45, 7) is 6.20. The molecule has 0 aliphatic heterocycles. The van der Waals surface area contributed by atoms with E-state index in [-0.39, 0.29) is 16.9 Å². The zero-order valence-corrected chi connectivity index (χ0v) is 7.52. The lowest BCUT2D eigenvalue weighted by Gasteiger charge is -2.07. The van der Waals surface area contributed by atoms with E-state index in [0.29, 0.717) is 5.92 Å². The fourth-order valence-electron chi connectivity index (χ4n) is 1.56. The second-order valence-corrected chi connectivity index (χ2v) is 4.19. The van der Waals surface area contributed by atoms with Crippen molar-refractivity contribution in [1.29, 1.82) is 0 Å². The molecule has 3 atom stereocenters. The first kappa shape index (κ1) is 8.35. The van der Waals surface area contributed by atoms with Crippen LogP contribution in [0.25, 0.3) is 0 Å². The zero-order chi connectivity index (χ0) is 7.94. The minimum absolute atomic E-state index is 0.164. The summed E-state index contributed by atoms with van der Waals surface area (Å²) < 4.78 is 0. The van der Waals surface area contributed by atoms with Gasteiger partial charge in [-0.25, -0.2) is 0 Å². The summed E-state index contributed by atoms with van der Waals surface area (Å²) in [5.74, 6) is 0.319. The van der Waals surface area contributed by atoms with Crippen LogP contribution in [-0.4, -0.2) is 16.6 Å². The molecule has 0 saturated heterocycles. The van der Waals surface area contributed by atoms with Crippen molar-refractivity contribution in [3.05, 3.63) is 0 Å². The molecule has 1 rings (SSSR count). The van der Waals surface area contributed by atoms with Crippen LogP contribution in [0.2, 0.25) is 0 Å². The summed E-state index contributed by atoms with van der Waals surface area (Å²) >= 11 is 5.96. The van der Waals surface area contributed by atoms with E-state index in [1.165, 1.54) is 0 Å². The summed E-state index contributed by atoms with van der Waals surface area (Å²) in [5, 5.41) is 9.60. The molecule has 0 spiro atoms. The van der Waals surface area contributed by atoms with Gasteiger partial charge in [0.1, 0.15) is 0 Å². The van der Waals surface area contributed by atoms with Crippen molar-refractivity contribution in [2.24, 2.45) is 11.3 Å². The highest BCUT2D eigenvalue weighted by Crippen LogP contribution is 2.57. The van der Waals surface area contributed by atoms with Crippen molar-refractivity contribution in [2.45, 2.75) is 38.7 Å². The smallest absolute Gasteiger partial charge is 0.0585 e. The predicted octanol–water partition coefficient (Wildman–Crippen LogP) is 2.02. The molecule has 0 aromatic rings. The molecule has 1 saturated carbocycles. The van der Waals surface area contributed by atoms with Gasteiger partial charge in [0, 0.05) is 11.3 Å². The van der Waals surface area contributed by atoms with Gasteiger partial charge in [0.2, 0.25) is 0 Å². The fraction of sp³-hybridized carbons (Fsp3) is 1.00. The van der Waals surface area contributed by atoms with Crippen LogP contribution in [0.4, 0.5) is 0 Å². The highest BCUT2D eigenvalue weighted by molar-refractivity contribution is 6.23. The van der Waals surface area contributed by atoms with E-state index in [2.05, 4.69) is 13.8 Å². The van der Waals surface area contributed by atoms with E-state index in [9.17, 15) is 5.11 Å². The third kappa shape index (κ3) is 1.06. The summed E-state index contributed by atoms with van der Waals surface area (Å²) in [4.78, 5) is 0. The molecular weight excluding hydrogens is 148 g/mol. The Bertz CT molecular complexity index is 133. The van der Waals surface area contributed by atoms with Crippen LogP contribution >= 0.6 is 11.6 Å². The Morgan fingerprint density at radius 3 is 2.10 bits per heavy atom. The fourth-order valence-corrected chi connectivity index (χ4v) is 2.12. The second-order valence-electron chi connectivity index (χ2n) is 3.72. The number of aliphatic hydroxyl groups excluding tert-OH is 1. The molecule has 0 aromatic carbocycles. The lowest BCUT2D eigenvalue weighted by Crippen LogP contribution is -2.11. The Hall–Kier alpha value is 0.250. The van der Waals surface area contributed by atoms with Crippen LogP contribution in [0.5, 0.6) is 0 Å². The topological polar surface area (TPSA) is 20.2 Å². The number of halogens is 1.